The zero-order valence-corrected chi connectivity index (χ0v) is 11.9. The quantitative estimate of drug-likeness (QED) is 0.523. The minimum absolute atomic E-state index is 0.238. The number of hydrogen-bond acceptors (Lipinski definition) is 1. The molecule has 72 valence electrons. The molecule has 0 aromatic carbocycles. The van der Waals surface area contributed by atoms with E-state index in [1.54, 1.807) is 0 Å². The Kier molecular flexibility index (Phi) is 4.70. The highest BCUT2D eigenvalue weighted by atomic mass is 127. The summed E-state index contributed by atoms with van der Waals surface area (Å²) in [6.45, 7) is 13.5. The van der Waals surface area contributed by atoms with Crippen LogP contribution in [0.5, 0.6) is 0 Å². The molecule has 0 spiro atoms. The maximum atomic E-state index is 2.46. The van der Waals surface area contributed by atoms with Crippen LogP contribution in [0.25, 0.3) is 0 Å². The van der Waals surface area contributed by atoms with Crippen molar-refractivity contribution in [1.82, 2.24) is 4.67 Å². The van der Waals surface area contributed by atoms with Gasteiger partial charge in [-0.1, -0.05) is 0 Å². The molecular formula is C9H19INP. The van der Waals surface area contributed by atoms with E-state index in [-0.39, 0.29) is 11.1 Å². The van der Waals surface area contributed by atoms with E-state index in [9.17, 15) is 0 Å². The van der Waals surface area contributed by atoms with E-state index < -0.39 is 0 Å². The van der Waals surface area contributed by atoms with Crippen molar-refractivity contribution in [3.8, 4) is 0 Å². The lowest BCUT2D eigenvalue weighted by atomic mass is 10.0. The van der Waals surface area contributed by atoms with Gasteiger partial charge in [0.1, 0.15) is 0 Å². The van der Waals surface area contributed by atoms with Crippen LogP contribution in [-0.4, -0.2) is 19.6 Å². The summed E-state index contributed by atoms with van der Waals surface area (Å²) in [5.41, 5.74) is 0.475. The minimum Gasteiger partial charge on any atom is -0.246 e. The maximum absolute atomic E-state index is 2.46. The topological polar surface area (TPSA) is 3.24 Å². The Hall–Kier alpha value is 0.860. The zero-order valence-electron chi connectivity index (χ0n) is 8.85. The van der Waals surface area contributed by atoms with Crippen molar-refractivity contribution in [2.24, 2.45) is 0 Å². The molecule has 0 bridgehead atoms. The zero-order chi connectivity index (χ0) is 9.99. The molecule has 0 atom stereocenters. The second kappa shape index (κ2) is 4.39. The molecule has 0 aliphatic rings. The summed E-state index contributed by atoms with van der Waals surface area (Å²) < 4.78 is 4.63. The van der Waals surface area contributed by atoms with Crippen LogP contribution in [0.2, 0.25) is 0 Å². The number of nitrogens with zero attached hydrogens (tertiary/aromatic N) is 1. The third kappa shape index (κ3) is 4.20. The third-order valence-electron chi connectivity index (χ3n) is 1.43. The molecule has 0 aromatic rings. The van der Waals surface area contributed by atoms with E-state index >= 15 is 0 Å². The molecule has 0 rings (SSSR count). The van der Waals surface area contributed by atoms with Gasteiger partial charge in [0.2, 0.25) is 0 Å². The van der Waals surface area contributed by atoms with Crippen molar-refractivity contribution in [2.45, 2.75) is 52.6 Å². The minimum atomic E-state index is 0.238. The molecule has 12 heavy (non-hydrogen) atoms. The molecule has 0 heterocycles. The molecule has 1 nitrogen and oxygen atoms in total. The van der Waals surface area contributed by atoms with E-state index in [2.05, 4.69) is 72.6 Å². The molecule has 0 amide bonds. The highest BCUT2D eigenvalue weighted by Crippen LogP contribution is 2.31. The monoisotopic (exact) mass is 299 g/mol. The van der Waals surface area contributed by atoms with Crippen LogP contribution in [0.1, 0.15) is 41.5 Å². The van der Waals surface area contributed by atoms with Crippen LogP contribution in [0.15, 0.2) is 0 Å². The van der Waals surface area contributed by atoms with E-state index in [1.165, 1.54) is 8.35 Å². The standard InChI is InChI=1S/C9H19INP/c1-8(2,3)11(12-7-10)9(4,5)6/h7H,1-6H3. The fraction of sp³-hybridized carbons (Fsp3) is 0.889. The summed E-state index contributed by atoms with van der Waals surface area (Å²) in [4.78, 5) is 0. The smallest absolute Gasteiger partial charge is 0.0212 e. The molecule has 0 aliphatic heterocycles. The van der Waals surface area contributed by atoms with Crippen LogP contribution in [0.4, 0.5) is 0 Å². The first-order valence-corrected chi connectivity index (χ1v) is 6.29. The van der Waals surface area contributed by atoms with Crippen molar-refractivity contribution >= 4 is 34.7 Å². The average Bonchev–Trinajstić information content (AvgIpc) is 1.77. The van der Waals surface area contributed by atoms with Crippen LogP contribution < -0.4 is 0 Å². The summed E-state index contributed by atoms with van der Waals surface area (Å²) >= 11 is 2.30. The van der Waals surface area contributed by atoms with Gasteiger partial charge in [0.05, 0.1) is 0 Å². The fourth-order valence-electron chi connectivity index (χ4n) is 1.40. The highest BCUT2D eigenvalue weighted by Gasteiger charge is 2.29. The van der Waals surface area contributed by atoms with Crippen molar-refractivity contribution < 1.29 is 0 Å². The molecule has 0 saturated carbocycles. The van der Waals surface area contributed by atoms with Gasteiger partial charge < -0.3 is 0 Å². The van der Waals surface area contributed by atoms with E-state index in [0.717, 1.165) is 0 Å². The third-order valence-corrected chi connectivity index (χ3v) is 3.70. The van der Waals surface area contributed by atoms with Gasteiger partial charge in [-0.25, -0.2) is 4.67 Å². The lowest BCUT2D eigenvalue weighted by Crippen LogP contribution is -2.46. The van der Waals surface area contributed by atoms with E-state index in [1.807, 2.05) is 0 Å². The van der Waals surface area contributed by atoms with Crippen molar-refractivity contribution in [3.63, 3.8) is 0 Å². The predicted octanol–water partition coefficient (Wildman–Crippen LogP) is 3.94. The molecule has 0 aromatic heterocycles. The van der Waals surface area contributed by atoms with Crippen LogP contribution in [0, 0.1) is 0 Å². The first-order valence-electron chi connectivity index (χ1n) is 4.12. The molecule has 3 heteroatoms. The second-order valence-corrected chi connectivity index (χ2v) is 7.36. The molecule has 0 saturated heterocycles. The summed E-state index contributed by atoms with van der Waals surface area (Å²) in [6.07, 6.45) is 0. The van der Waals surface area contributed by atoms with Gasteiger partial charge in [-0.05, 0) is 72.5 Å². The van der Waals surface area contributed by atoms with Gasteiger partial charge >= 0.3 is 0 Å². The van der Waals surface area contributed by atoms with Gasteiger partial charge in [0, 0.05) is 14.9 Å². The largest absolute Gasteiger partial charge is 0.246 e. The van der Waals surface area contributed by atoms with Crippen molar-refractivity contribution in [2.75, 3.05) is 0 Å². The molecule has 0 unspecified atom stereocenters. The Bertz CT molecular complexity index is 150. The maximum Gasteiger partial charge on any atom is 0.0212 e. The lowest BCUT2D eigenvalue weighted by Gasteiger charge is -2.41. The van der Waals surface area contributed by atoms with Crippen LogP contribution in [0.3, 0.4) is 0 Å². The first kappa shape index (κ1) is 12.9. The van der Waals surface area contributed by atoms with Gasteiger partial charge in [-0.3, -0.25) is 0 Å². The molecule has 0 N–H and O–H groups in total. The second-order valence-electron chi connectivity index (χ2n) is 4.87. The first-order chi connectivity index (χ1) is 5.19. The summed E-state index contributed by atoms with van der Waals surface area (Å²) in [5.74, 6) is 0. The Morgan fingerprint density at radius 2 is 1.33 bits per heavy atom. The Morgan fingerprint density at radius 1 is 1.00 bits per heavy atom. The molecule has 0 aliphatic carbocycles. The van der Waals surface area contributed by atoms with Gasteiger partial charge in [0.15, 0.2) is 0 Å². The molecule has 0 fully saturated rings. The van der Waals surface area contributed by atoms with Crippen molar-refractivity contribution in [3.05, 3.63) is 0 Å². The number of rotatable bonds is 1. The van der Waals surface area contributed by atoms with Crippen molar-refractivity contribution in [1.29, 1.82) is 0 Å². The van der Waals surface area contributed by atoms with Crippen LogP contribution in [-0.2, 0) is 0 Å². The Labute approximate surface area is 91.9 Å². The Balaban J connectivity index is 4.69. The van der Waals surface area contributed by atoms with Gasteiger partial charge in [0.25, 0.3) is 0 Å². The summed E-state index contributed by atoms with van der Waals surface area (Å²) in [5, 5.41) is 0. The molecule has 0 radical (unpaired) electrons. The fourth-order valence-corrected chi connectivity index (χ4v) is 2.92. The van der Waals surface area contributed by atoms with E-state index in [4.69, 9.17) is 0 Å². The SMILES string of the molecule is CC(C)(C)N(P=CI)C(C)(C)C. The van der Waals surface area contributed by atoms with Gasteiger partial charge in [-0.15, -0.1) is 0 Å². The van der Waals surface area contributed by atoms with Gasteiger partial charge in [-0.2, -0.15) is 0 Å². The highest BCUT2D eigenvalue weighted by molar-refractivity contribution is 14.1. The van der Waals surface area contributed by atoms with Crippen LogP contribution >= 0.6 is 30.9 Å². The number of hydrogen-bond donors (Lipinski definition) is 0. The lowest BCUT2D eigenvalue weighted by molar-refractivity contribution is 0.155. The molecular weight excluding hydrogens is 280 g/mol. The predicted molar refractivity (Wildman–Crippen MR) is 68.3 cm³/mol. The number of halogens is 1. The normalized spacial score (nSPS) is 14.7. The summed E-state index contributed by atoms with van der Waals surface area (Å²) in [7, 11) is 1.29. The average molecular weight is 299 g/mol. The Morgan fingerprint density at radius 3 is 1.42 bits per heavy atom. The summed E-state index contributed by atoms with van der Waals surface area (Å²) in [6, 6.07) is 0. The van der Waals surface area contributed by atoms with E-state index in [0.29, 0.717) is 0 Å².